The van der Waals surface area contributed by atoms with Gasteiger partial charge in [-0.25, -0.2) is 4.98 Å². The Kier molecular flexibility index (Phi) is 7.98. The SMILES string of the molecule is Cc1ccc(-n2c(C)nnc2SCc2nc(C(=O)N3CCN(C(c4ccccc4)c4ccccc4)CC3)co2)cc1. The second-order valence-corrected chi connectivity index (χ2v) is 11.1. The molecule has 0 radical (unpaired) electrons. The molecule has 41 heavy (non-hydrogen) atoms. The number of nitrogens with zero attached hydrogens (tertiary/aromatic N) is 6. The summed E-state index contributed by atoms with van der Waals surface area (Å²) >= 11 is 1.48. The van der Waals surface area contributed by atoms with E-state index in [9.17, 15) is 4.79 Å². The quantitative estimate of drug-likeness (QED) is 0.223. The molecule has 0 atom stereocenters. The smallest absolute Gasteiger partial charge is 0.275 e. The second-order valence-electron chi connectivity index (χ2n) is 10.2. The van der Waals surface area contributed by atoms with Crippen molar-refractivity contribution in [1.29, 1.82) is 0 Å². The Hall–Kier alpha value is -4.21. The summed E-state index contributed by atoms with van der Waals surface area (Å²) < 4.78 is 7.70. The number of carbonyl (C=O) groups excluding carboxylic acids is 1. The van der Waals surface area contributed by atoms with Crippen molar-refractivity contribution in [2.24, 2.45) is 0 Å². The highest BCUT2D eigenvalue weighted by Gasteiger charge is 2.29. The molecule has 1 saturated heterocycles. The van der Waals surface area contributed by atoms with Crippen LogP contribution in [0.15, 0.2) is 101 Å². The van der Waals surface area contributed by atoms with Crippen LogP contribution < -0.4 is 0 Å². The van der Waals surface area contributed by atoms with Gasteiger partial charge in [-0.05, 0) is 37.1 Å². The standard InChI is InChI=1S/C32H32N6O2S/c1-23-13-15-27(16-14-23)38-24(2)34-35-32(38)41-22-29-33-28(21-40-29)31(39)37-19-17-36(18-20-37)30(25-9-5-3-6-10-25)26-11-7-4-8-12-26/h3-16,21,30H,17-20,22H2,1-2H3. The molecule has 1 aliphatic rings. The molecule has 2 aromatic heterocycles. The van der Waals surface area contributed by atoms with Crippen molar-refractivity contribution < 1.29 is 9.21 Å². The van der Waals surface area contributed by atoms with E-state index in [-0.39, 0.29) is 11.9 Å². The molecule has 208 valence electrons. The van der Waals surface area contributed by atoms with Crippen LogP contribution in [-0.4, -0.2) is 61.6 Å². The summed E-state index contributed by atoms with van der Waals surface area (Å²) in [4.78, 5) is 22.2. The molecule has 3 heterocycles. The summed E-state index contributed by atoms with van der Waals surface area (Å²) in [6.45, 7) is 6.80. The normalized spacial score (nSPS) is 14.1. The molecule has 5 aromatic rings. The molecule has 0 saturated carbocycles. The topological polar surface area (TPSA) is 80.3 Å². The Labute approximate surface area is 244 Å². The van der Waals surface area contributed by atoms with Crippen LogP contribution in [0.2, 0.25) is 0 Å². The molecule has 1 fully saturated rings. The van der Waals surface area contributed by atoms with E-state index in [1.165, 1.54) is 34.7 Å². The first-order chi connectivity index (χ1) is 20.1. The van der Waals surface area contributed by atoms with Crippen LogP contribution in [0.3, 0.4) is 0 Å². The average Bonchev–Trinajstić information content (AvgIpc) is 3.64. The van der Waals surface area contributed by atoms with E-state index in [1.54, 1.807) is 0 Å². The van der Waals surface area contributed by atoms with Crippen molar-refractivity contribution in [2.45, 2.75) is 30.8 Å². The summed E-state index contributed by atoms with van der Waals surface area (Å²) in [5, 5.41) is 9.34. The number of oxazole rings is 1. The minimum Gasteiger partial charge on any atom is -0.447 e. The third-order valence-electron chi connectivity index (χ3n) is 7.38. The van der Waals surface area contributed by atoms with E-state index in [1.807, 2.05) is 28.5 Å². The first kappa shape index (κ1) is 27.0. The van der Waals surface area contributed by atoms with Crippen LogP contribution in [-0.2, 0) is 5.75 Å². The van der Waals surface area contributed by atoms with Gasteiger partial charge in [-0.15, -0.1) is 10.2 Å². The highest BCUT2D eigenvalue weighted by atomic mass is 32.2. The van der Waals surface area contributed by atoms with Crippen LogP contribution >= 0.6 is 11.8 Å². The van der Waals surface area contributed by atoms with Gasteiger partial charge in [0.1, 0.15) is 12.1 Å². The molecule has 3 aromatic carbocycles. The van der Waals surface area contributed by atoms with Gasteiger partial charge in [0.15, 0.2) is 10.9 Å². The summed E-state index contributed by atoms with van der Waals surface area (Å²) in [5.41, 5.74) is 5.05. The predicted molar refractivity (Wildman–Crippen MR) is 159 cm³/mol. The lowest BCUT2D eigenvalue weighted by molar-refractivity contribution is 0.0591. The van der Waals surface area contributed by atoms with Crippen LogP contribution in [0.5, 0.6) is 0 Å². The molecular formula is C32H32N6O2S. The van der Waals surface area contributed by atoms with Crippen molar-refractivity contribution in [3.63, 3.8) is 0 Å². The molecule has 6 rings (SSSR count). The maximum atomic E-state index is 13.3. The van der Waals surface area contributed by atoms with Gasteiger partial charge >= 0.3 is 0 Å². The molecule has 9 heteroatoms. The van der Waals surface area contributed by atoms with Gasteiger partial charge in [0, 0.05) is 31.9 Å². The third-order valence-corrected chi connectivity index (χ3v) is 8.29. The van der Waals surface area contributed by atoms with E-state index < -0.39 is 0 Å². The van der Waals surface area contributed by atoms with E-state index in [0.717, 1.165) is 29.8 Å². The molecular weight excluding hydrogens is 532 g/mol. The number of hydrogen-bond donors (Lipinski definition) is 0. The molecule has 1 amide bonds. The predicted octanol–water partition coefficient (Wildman–Crippen LogP) is 5.71. The number of rotatable bonds is 8. The van der Waals surface area contributed by atoms with Crippen molar-refractivity contribution in [3.8, 4) is 5.69 Å². The van der Waals surface area contributed by atoms with Gasteiger partial charge in [-0.3, -0.25) is 14.3 Å². The van der Waals surface area contributed by atoms with E-state index in [2.05, 4.69) is 99.8 Å². The Morgan fingerprint density at radius 3 is 2.12 bits per heavy atom. The Balaban J connectivity index is 1.09. The molecule has 0 N–H and O–H groups in total. The first-order valence-corrected chi connectivity index (χ1v) is 14.7. The number of aromatic nitrogens is 4. The maximum absolute atomic E-state index is 13.3. The number of benzene rings is 3. The van der Waals surface area contributed by atoms with Crippen molar-refractivity contribution in [1.82, 2.24) is 29.5 Å². The molecule has 0 aliphatic carbocycles. The summed E-state index contributed by atoms with van der Waals surface area (Å²) in [7, 11) is 0. The molecule has 0 bridgehead atoms. The zero-order valence-corrected chi connectivity index (χ0v) is 24.0. The number of amides is 1. The van der Waals surface area contributed by atoms with Crippen molar-refractivity contribution >= 4 is 17.7 Å². The van der Waals surface area contributed by atoms with Crippen molar-refractivity contribution in [2.75, 3.05) is 26.2 Å². The maximum Gasteiger partial charge on any atom is 0.275 e. The van der Waals surface area contributed by atoms with Crippen molar-refractivity contribution in [3.05, 3.63) is 125 Å². The lowest BCUT2D eigenvalue weighted by atomic mass is 9.96. The van der Waals surface area contributed by atoms with Crippen LogP contribution in [0.25, 0.3) is 5.69 Å². The second kappa shape index (κ2) is 12.1. The number of carbonyl (C=O) groups is 1. The minimum absolute atomic E-state index is 0.0979. The molecule has 8 nitrogen and oxygen atoms in total. The van der Waals surface area contributed by atoms with Gasteiger partial charge in [0.2, 0.25) is 5.89 Å². The molecule has 1 aliphatic heterocycles. The Morgan fingerprint density at radius 2 is 1.49 bits per heavy atom. The summed E-state index contributed by atoms with van der Waals surface area (Å²) in [6, 6.07) is 29.5. The highest BCUT2D eigenvalue weighted by Crippen LogP contribution is 2.30. The van der Waals surface area contributed by atoms with Crippen LogP contribution in [0, 0.1) is 13.8 Å². The number of hydrogen-bond acceptors (Lipinski definition) is 7. The first-order valence-electron chi connectivity index (χ1n) is 13.8. The average molecular weight is 565 g/mol. The van der Waals surface area contributed by atoms with Crippen LogP contribution in [0.4, 0.5) is 0 Å². The zero-order valence-electron chi connectivity index (χ0n) is 23.2. The monoisotopic (exact) mass is 564 g/mol. The third kappa shape index (κ3) is 5.96. The van der Waals surface area contributed by atoms with Gasteiger partial charge in [-0.2, -0.15) is 0 Å². The van der Waals surface area contributed by atoms with E-state index >= 15 is 0 Å². The molecule has 0 unspecified atom stereocenters. The van der Waals surface area contributed by atoms with E-state index in [4.69, 9.17) is 4.42 Å². The Morgan fingerprint density at radius 1 is 0.854 bits per heavy atom. The number of aryl methyl sites for hydroxylation is 2. The lowest BCUT2D eigenvalue weighted by Gasteiger charge is -2.39. The number of thioether (sulfide) groups is 1. The largest absolute Gasteiger partial charge is 0.447 e. The van der Waals surface area contributed by atoms with Gasteiger partial charge < -0.3 is 9.32 Å². The zero-order chi connectivity index (χ0) is 28.2. The fraction of sp³-hybridized carbons (Fsp3) is 0.250. The highest BCUT2D eigenvalue weighted by molar-refractivity contribution is 7.98. The van der Waals surface area contributed by atoms with E-state index in [0.29, 0.717) is 30.4 Å². The lowest BCUT2D eigenvalue weighted by Crippen LogP contribution is -2.50. The minimum atomic E-state index is -0.0979. The molecule has 0 spiro atoms. The fourth-order valence-electron chi connectivity index (χ4n) is 5.26. The van der Waals surface area contributed by atoms with Gasteiger partial charge in [-0.1, -0.05) is 90.1 Å². The van der Waals surface area contributed by atoms with Gasteiger partial charge in [0.05, 0.1) is 11.8 Å². The number of piperazine rings is 1. The van der Waals surface area contributed by atoms with Crippen LogP contribution in [0.1, 0.15) is 44.9 Å². The summed E-state index contributed by atoms with van der Waals surface area (Å²) in [5.74, 6) is 1.64. The summed E-state index contributed by atoms with van der Waals surface area (Å²) in [6.07, 6.45) is 1.47. The van der Waals surface area contributed by atoms with Gasteiger partial charge in [0.25, 0.3) is 5.91 Å². The fourth-order valence-corrected chi connectivity index (χ4v) is 6.11. The Bertz CT molecular complexity index is 1550.